The predicted molar refractivity (Wildman–Crippen MR) is 95.7 cm³/mol. The van der Waals surface area contributed by atoms with E-state index in [-0.39, 0.29) is 30.4 Å². The van der Waals surface area contributed by atoms with Crippen LogP contribution in [0.5, 0.6) is 5.75 Å². The van der Waals surface area contributed by atoms with Gasteiger partial charge in [0.15, 0.2) is 0 Å². The highest BCUT2D eigenvalue weighted by Crippen LogP contribution is 2.22. The number of likely N-dealkylation sites (N-methyl/N-ethyl adjacent to an activating group) is 2. The van der Waals surface area contributed by atoms with E-state index in [0.29, 0.717) is 13.1 Å². The highest BCUT2D eigenvalue weighted by atomic mass is 16.5. The van der Waals surface area contributed by atoms with Crippen molar-refractivity contribution in [1.29, 1.82) is 0 Å². The number of nitrogens with zero attached hydrogens (tertiary/aromatic N) is 3. The molecule has 0 aliphatic carbocycles. The molecular weight excluding hydrogens is 334 g/mol. The summed E-state index contributed by atoms with van der Waals surface area (Å²) in [6.07, 6.45) is 1.64. The van der Waals surface area contributed by atoms with Crippen LogP contribution in [0.4, 0.5) is 4.79 Å². The van der Waals surface area contributed by atoms with Crippen molar-refractivity contribution in [3.05, 3.63) is 29.8 Å². The molecule has 0 N–H and O–H groups in total. The maximum Gasteiger partial charge on any atom is 0.326 e. The molecule has 1 aromatic carbocycles. The first kappa shape index (κ1) is 18.2. The van der Waals surface area contributed by atoms with Crippen LogP contribution < -0.4 is 4.74 Å². The minimum Gasteiger partial charge on any atom is -0.490 e. The SMILES string of the molecule is Cc1ccc(OC2CCN(C(=O)C[C@@H]3C(=O)N(C)C(=O)N3C)CC2)cc1. The Morgan fingerprint density at radius 3 is 2.27 bits per heavy atom. The number of imide groups is 1. The number of ether oxygens (including phenoxy) is 1. The Balaban J connectivity index is 1.50. The monoisotopic (exact) mass is 359 g/mol. The van der Waals surface area contributed by atoms with E-state index in [1.807, 2.05) is 31.2 Å². The Morgan fingerprint density at radius 2 is 1.73 bits per heavy atom. The number of carbonyl (C=O) groups excluding carboxylic acids is 3. The average molecular weight is 359 g/mol. The normalized spacial score (nSPS) is 21.5. The molecule has 2 heterocycles. The van der Waals surface area contributed by atoms with Crippen LogP contribution in [-0.4, -0.2) is 71.9 Å². The van der Waals surface area contributed by atoms with Crippen molar-refractivity contribution in [2.45, 2.75) is 38.3 Å². The lowest BCUT2D eigenvalue weighted by Crippen LogP contribution is -2.44. The standard InChI is InChI=1S/C19H25N3O4/c1-13-4-6-14(7-5-13)26-15-8-10-22(11-9-15)17(23)12-16-18(24)21(3)19(25)20(16)2/h4-7,15-16H,8-12H2,1-3H3/t16-/m1/s1. The Morgan fingerprint density at radius 1 is 1.12 bits per heavy atom. The molecule has 1 aromatic rings. The smallest absolute Gasteiger partial charge is 0.326 e. The predicted octanol–water partition coefficient (Wildman–Crippen LogP) is 1.65. The highest BCUT2D eigenvalue weighted by molar-refractivity contribution is 6.05. The molecule has 0 unspecified atom stereocenters. The molecule has 0 saturated carbocycles. The molecular formula is C19H25N3O4. The molecule has 2 aliphatic heterocycles. The Hall–Kier alpha value is -2.57. The maximum absolute atomic E-state index is 12.5. The highest BCUT2D eigenvalue weighted by Gasteiger charge is 2.42. The number of likely N-dealkylation sites (tertiary alicyclic amines) is 1. The summed E-state index contributed by atoms with van der Waals surface area (Å²) in [5.74, 6) is 0.440. The Bertz CT molecular complexity index is 695. The van der Waals surface area contributed by atoms with E-state index >= 15 is 0 Å². The van der Waals surface area contributed by atoms with Gasteiger partial charge in [0.2, 0.25) is 5.91 Å². The third-order valence-electron chi connectivity index (χ3n) is 5.16. The lowest BCUT2D eigenvalue weighted by Gasteiger charge is -2.33. The summed E-state index contributed by atoms with van der Waals surface area (Å²) in [6.45, 7) is 3.24. The van der Waals surface area contributed by atoms with Gasteiger partial charge >= 0.3 is 6.03 Å². The molecule has 7 nitrogen and oxygen atoms in total. The molecule has 0 spiro atoms. The van der Waals surface area contributed by atoms with Gasteiger partial charge in [-0.25, -0.2) is 4.79 Å². The fourth-order valence-electron chi connectivity index (χ4n) is 3.40. The summed E-state index contributed by atoms with van der Waals surface area (Å²) < 4.78 is 5.98. The number of carbonyl (C=O) groups is 3. The molecule has 140 valence electrons. The molecule has 2 saturated heterocycles. The topological polar surface area (TPSA) is 70.2 Å². The molecule has 26 heavy (non-hydrogen) atoms. The van der Waals surface area contributed by atoms with Gasteiger partial charge < -0.3 is 14.5 Å². The van der Waals surface area contributed by atoms with Crippen molar-refractivity contribution in [1.82, 2.24) is 14.7 Å². The number of amides is 4. The first-order valence-electron chi connectivity index (χ1n) is 8.92. The van der Waals surface area contributed by atoms with Gasteiger partial charge in [0.05, 0.1) is 6.42 Å². The van der Waals surface area contributed by atoms with Gasteiger partial charge in [-0.2, -0.15) is 0 Å². The van der Waals surface area contributed by atoms with Crippen LogP contribution in [-0.2, 0) is 9.59 Å². The molecule has 1 atom stereocenters. The van der Waals surface area contributed by atoms with Crippen molar-refractivity contribution in [3.8, 4) is 5.75 Å². The summed E-state index contributed by atoms with van der Waals surface area (Å²) in [6, 6.07) is 6.90. The molecule has 4 amide bonds. The van der Waals surface area contributed by atoms with Gasteiger partial charge in [0.25, 0.3) is 5.91 Å². The lowest BCUT2D eigenvalue weighted by atomic mass is 10.1. The van der Waals surface area contributed by atoms with E-state index in [0.717, 1.165) is 23.5 Å². The fourth-order valence-corrected chi connectivity index (χ4v) is 3.40. The minimum atomic E-state index is -0.693. The number of hydrogen-bond acceptors (Lipinski definition) is 4. The maximum atomic E-state index is 12.5. The lowest BCUT2D eigenvalue weighted by molar-refractivity contribution is -0.137. The number of urea groups is 1. The van der Waals surface area contributed by atoms with Crippen LogP contribution in [0.1, 0.15) is 24.8 Å². The van der Waals surface area contributed by atoms with Gasteiger partial charge in [0.1, 0.15) is 17.9 Å². The summed E-state index contributed by atoms with van der Waals surface area (Å²) in [5, 5.41) is 0. The summed E-state index contributed by atoms with van der Waals surface area (Å²) in [4.78, 5) is 40.6. The van der Waals surface area contributed by atoms with Crippen LogP contribution in [0.25, 0.3) is 0 Å². The minimum absolute atomic E-state index is 0.0366. The summed E-state index contributed by atoms with van der Waals surface area (Å²) >= 11 is 0. The van der Waals surface area contributed by atoms with E-state index in [4.69, 9.17) is 4.74 Å². The molecule has 0 aromatic heterocycles. The molecule has 2 aliphatic rings. The second-order valence-electron chi connectivity index (χ2n) is 7.02. The molecule has 7 heteroatoms. The summed E-state index contributed by atoms with van der Waals surface area (Å²) in [5.41, 5.74) is 1.19. The largest absolute Gasteiger partial charge is 0.490 e. The van der Waals surface area contributed by atoms with Crippen LogP contribution in [0, 0.1) is 6.92 Å². The van der Waals surface area contributed by atoms with Gasteiger partial charge in [-0.05, 0) is 19.1 Å². The van der Waals surface area contributed by atoms with Crippen molar-refractivity contribution in [2.24, 2.45) is 0 Å². The third kappa shape index (κ3) is 3.66. The third-order valence-corrected chi connectivity index (χ3v) is 5.16. The second kappa shape index (κ2) is 7.35. The van der Waals surface area contributed by atoms with Crippen LogP contribution in [0.15, 0.2) is 24.3 Å². The van der Waals surface area contributed by atoms with Crippen LogP contribution >= 0.6 is 0 Å². The van der Waals surface area contributed by atoms with Crippen molar-refractivity contribution in [2.75, 3.05) is 27.2 Å². The van der Waals surface area contributed by atoms with E-state index < -0.39 is 6.04 Å². The average Bonchev–Trinajstić information content (AvgIpc) is 2.82. The molecule has 2 fully saturated rings. The molecule has 0 radical (unpaired) electrons. The zero-order valence-corrected chi connectivity index (χ0v) is 15.5. The van der Waals surface area contributed by atoms with Gasteiger partial charge in [-0.1, -0.05) is 17.7 Å². The van der Waals surface area contributed by atoms with E-state index in [9.17, 15) is 14.4 Å². The van der Waals surface area contributed by atoms with Crippen molar-refractivity contribution < 1.29 is 19.1 Å². The van der Waals surface area contributed by atoms with Gasteiger partial charge in [0, 0.05) is 40.0 Å². The fraction of sp³-hybridized carbons (Fsp3) is 0.526. The number of benzene rings is 1. The zero-order chi connectivity index (χ0) is 18.8. The number of hydrogen-bond donors (Lipinski definition) is 0. The summed E-state index contributed by atoms with van der Waals surface area (Å²) in [7, 11) is 3.00. The van der Waals surface area contributed by atoms with E-state index in [1.165, 1.54) is 17.5 Å². The van der Waals surface area contributed by atoms with Gasteiger partial charge in [-0.15, -0.1) is 0 Å². The quantitative estimate of drug-likeness (QED) is 0.767. The zero-order valence-electron chi connectivity index (χ0n) is 15.5. The number of piperidine rings is 1. The molecule has 3 rings (SSSR count). The second-order valence-corrected chi connectivity index (χ2v) is 7.02. The first-order valence-corrected chi connectivity index (χ1v) is 8.92. The Labute approximate surface area is 153 Å². The van der Waals surface area contributed by atoms with Crippen LogP contribution in [0.3, 0.4) is 0 Å². The number of aryl methyl sites for hydroxylation is 1. The Kier molecular flexibility index (Phi) is 5.15. The van der Waals surface area contributed by atoms with Crippen LogP contribution in [0.2, 0.25) is 0 Å². The van der Waals surface area contributed by atoms with Crippen molar-refractivity contribution >= 4 is 17.8 Å². The molecule has 0 bridgehead atoms. The first-order chi connectivity index (χ1) is 12.4. The van der Waals surface area contributed by atoms with E-state index in [1.54, 1.807) is 11.9 Å². The van der Waals surface area contributed by atoms with Crippen molar-refractivity contribution in [3.63, 3.8) is 0 Å². The van der Waals surface area contributed by atoms with E-state index in [2.05, 4.69) is 0 Å². The van der Waals surface area contributed by atoms with Gasteiger partial charge in [-0.3, -0.25) is 14.5 Å². The number of rotatable bonds is 4.